The largest absolute Gasteiger partial charge is 0.394 e. The van der Waals surface area contributed by atoms with E-state index in [2.05, 4.69) is 0 Å². The van der Waals surface area contributed by atoms with Gasteiger partial charge in [0, 0.05) is 0 Å². The summed E-state index contributed by atoms with van der Waals surface area (Å²) in [5, 5.41) is 220. The van der Waals surface area contributed by atoms with Gasteiger partial charge in [-0.2, -0.15) is 0 Å². The molecule has 35 atom stereocenters. The molecule has 0 spiro atoms. The summed E-state index contributed by atoms with van der Waals surface area (Å²) in [4.78, 5) is 0. The monoisotopic (exact) mass is 1180 g/mol. The van der Waals surface area contributed by atoms with Gasteiger partial charge in [0.15, 0.2) is 44.0 Å². The van der Waals surface area contributed by atoms with Crippen molar-refractivity contribution in [3.63, 3.8) is 0 Å². The van der Waals surface area contributed by atoms with Gasteiger partial charge in [0.25, 0.3) is 5.97 Å². The zero-order valence-corrected chi connectivity index (χ0v) is 42.0. The van der Waals surface area contributed by atoms with E-state index < -0.39 is 274 Å². The predicted molar refractivity (Wildman–Crippen MR) is 237 cm³/mol. The highest BCUT2D eigenvalue weighted by Crippen LogP contribution is 2.39. The second kappa shape index (κ2) is 26.3. The van der Waals surface area contributed by atoms with Gasteiger partial charge in [0.2, 0.25) is 0 Å². The summed E-state index contributed by atoms with van der Waals surface area (Å²) in [7, 11) is 0. The molecule has 0 aromatic rings. The summed E-state index contributed by atoms with van der Waals surface area (Å²) in [6, 6.07) is 0. The van der Waals surface area contributed by atoms with Crippen LogP contribution in [0.25, 0.3) is 0 Å². The molecular formula is C44H72O36. The highest BCUT2D eigenvalue weighted by atomic mass is 16.8. The summed E-state index contributed by atoms with van der Waals surface area (Å²) in [6.07, 6.45) is -64.4. The van der Waals surface area contributed by atoms with Gasteiger partial charge in [-0.1, -0.05) is 0 Å². The maximum absolute atomic E-state index is 11.5. The molecule has 16 bridgehead atoms. The molecule has 0 radical (unpaired) electrons. The maximum Gasteiger partial charge on any atom is 0.283 e. The van der Waals surface area contributed by atoms with Crippen LogP contribution in [0.15, 0.2) is 0 Å². The fourth-order valence-corrected chi connectivity index (χ4v) is 10.7. The third kappa shape index (κ3) is 12.7. The van der Waals surface area contributed by atoms with Gasteiger partial charge in [0.1, 0.15) is 159 Å². The zero-order chi connectivity index (χ0) is 57.8. The molecule has 20 N–H and O–H groups in total. The van der Waals surface area contributed by atoms with E-state index in [1.165, 1.54) is 0 Å². The molecule has 36 heteroatoms. The van der Waals surface area contributed by atoms with Crippen molar-refractivity contribution in [2.45, 2.75) is 221 Å². The molecule has 30 heterocycles. The fraction of sp³-hybridized carbons (Fsp3) is 1.00. The molecule has 0 aromatic carbocycles. The zero-order valence-electron chi connectivity index (χ0n) is 42.0. The van der Waals surface area contributed by atoms with Gasteiger partial charge < -0.3 is 178 Å². The maximum atomic E-state index is 11.5. The summed E-state index contributed by atoms with van der Waals surface area (Å²) in [6.45, 7) is -6.50. The van der Waals surface area contributed by atoms with Crippen LogP contribution < -0.4 is 0 Å². The second-order valence-corrected chi connectivity index (χ2v) is 20.8. The number of ether oxygens (including phenoxy) is 16. The number of rotatable bonds is 4. The summed E-state index contributed by atoms with van der Waals surface area (Å²) in [5.74, 6) is -2.98. The average Bonchev–Trinajstić information content (AvgIpc) is 3.51. The van der Waals surface area contributed by atoms with Gasteiger partial charge in [-0.05, 0) is 0 Å². The first-order valence-corrected chi connectivity index (χ1v) is 25.7. The van der Waals surface area contributed by atoms with E-state index in [9.17, 15) is 102 Å². The third-order valence-electron chi connectivity index (χ3n) is 15.4. The summed E-state index contributed by atoms with van der Waals surface area (Å²) in [5.41, 5.74) is 0. The van der Waals surface area contributed by atoms with Crippen LogP contribution in [0.1, 0.15) is 6.42 Å². The van der Waals surface area contributed by atoms with Crippen LogP contribution in [-0.2, 0) is 75.8 Å². The SMILES string of the molecule is OC[C@H]1O[C@@H]2O[C@H]3[C@@H](O)[C@@H](O)[C@@H](O[C@@H]4CO[C@H](O[C@@H]5CO[C@H](O[C@@H]6CO[C@H](O[C@@H]7CO[C@H](O[C@H]8[C@@H](O)C[C@@](O)(O[C@H]9[C@@H](O)[C@@H](O)[C@@H](O[C@H]1[C@@H](O)[C@H]2O)O[C@@H]9CO)O[C@@H]8CO)[C@H](O)[C@@H]7O)[C@H](O)[C@@H]6O)[C@H](O)[C@@H]5O)[C@H](O)[C@@H]4O)O[C@@H]3CO. The van der Waals surface area contributed by atoms with Gasteiger partial charge in [-0.15, -0.1) is 0 Å². The molecule has 80 heavy (non-hydrogen) atoms. The van der Waals surface area contributed by atoms with Crippen LogP contribution in [0.4, 0.5) is 0 Å². The van der Waals surface area contributed by atoms with Crippen molar-refractivity contribution in [2.24, 2.45) is 0 Å². The molecule has 30 aliphatic heterocycles. The Bertz CT molecular complexity index is 1950. The van der Waals surface area contributed by atoms with E-state index in [-0.39, 0.29) is 0 Å². The van der Waals surface area contributed by atoms with Crippen molar-refractivity contribution in [2.75, 3.05) is 52.9 Å². The molecule has 0 amide bonds. The van der Waals surface area contributed by atoms with Crippen LogP contribution in [0, 0.1) is 0 Å². The number of aliphatic hydroxyl groups excluding tert-OH is 19. The van der Waals surface area contributed by atoms with Gasteiger partial charge in [-0.3, -0.25) is 0 Å². The molecule has 0 unspecified atom stereocenters. The van der Waals surface area contributed by atoms with Gasteiger partial charge in [-0.25, -0.2) is 0 Å². The highest BCUT2D eigenvalue weighted by Gasteiger charge is 2.59. The molecule has 30 saturated heterocycles. The first kappa shape index (κ1) is 63.1. The van der Waals surface area contributed by atoms with Crippen molar-refractivity contribution in [3.05, 3.63) is 0 Å². The lowest BCUT2D eigenvalue weighted by Gasteiger charge is -2.50. The predicted octanol–water partition coefficient (Wildman–Crippen LogP) is -14.5. The minimum absolute atomic E-state index is 0.568. The molecule has 0 aliphatic carbocycles. The number of hydrogen-bond acceptors (Lipinski definition) is 36. The highest BCUT2D eigenvalue weighted by molar-refractivity contribution is 5.00. The van der Waals surface area contributed by atoms with Gasteiger partial charge >= 0.3 is 0 Å². The Hall–Kier alpha value is -1.44. The average molecular weight is 1180 g/mol. The second-order valence-electron chi connectivity index (χ2n) is 20.8. The van der Waals surface area contributed by atoms with Crippen molar-refractivity contribution in [1.82, 2.24) is 0 Å². The Kier molecular flexibility index (Phi) is 20.7. The molecule has 0 aromatic heterocycles. The molecule has 30 aliphatic rings. The smallest absolute Gasteiger partial charge is 0.283 e. The van der Waals surface area contributed by atoms with E-state index in [1.54, 1.807) is 0 Å². The quantitative estimate of drug-likeness (QED) is 0.124. The molecule has 0 saturated carbocycles. The normalized spacial score (nSPS) is 56.0. The molecule has 30 fully saturated rings. The fourth-order valence-electron chi connectivity index (χ4n) is 10.7. The molecule has 36 nitrogen and oxygen atoms in total. The Balaban J connectivity index is 0.920. The van der Waals surface area contributed by atoms with Crippen molar-refractivity contribution in [1.29, 1.82) is 0 Å². The lowest BCUT2D eigenvalue weighted by molar-refractivity contribution is -0.455. The van der Waals surface area contributed by atoms with Crippen molar-refractivity contribution < 1.29 is 178 Å². The summed E-state index contributed by atoms with van der Waals surface area (Å²) >= 11 is 0. The van der Waals surface area contributed by atoms with Crippen LogP contribution >= 0.6 is 0 Å². The van der Waals surface area contributed by atoms with Gasteiger partial charge in [0.05, 0.1) is 65.4 Å². The first-order chi connectivity index (χ1) is 38.0. The van der Waals surface area contributed by atoms with E-state index in [1.807, 2.05) is 0 Å². The van der Waals surface area contributed by atoms with Crippen molar-refractivity contribution in [3.8, 4) is 0 Å². The Morgan fingerprint density at radius 3 is 0.900 bits per heavy atom. The number of hydrogen-bond donors (Lipinski definition) is 20. The summed E-state index contributed by atoms with van der Waals surface area (Å²) < 4.78 is 90.1. The lowest BCUT2D eigenvalue weighted by atomic mass is 9.95. The third-order valence-corrected chi connectivity index (χ3v) is 15.4. The van der Waals surface area contributed by atoms with E-state index in [0.717, 1.165) is 0 Å². The van der Waals surface area contributed by atoms with Crippen LogP contribution in [0.5, 0.6) is 0 Å². The standard InChI is InChI=1S/C44H72O36/c45-2-11-34-23(54)30(61)41(69-11)75-18-9-67-39(28(59)22(18)53)73-16-7-65-37(26(57)20(16)51)72-15-6-66-38(27(58)19(15)50)74-17-8-68-40(29(60)21(17)52)76-33-10(49)1-44(64,79-14(33)5-48)80-36-13(4-47)71-43(32(63)25(36)56)78-35-12(3-46)70-42(77-34)31(62)24(35)55/h10-43,45-64H,1-9H2/t10-,11+,12+,13+,14+,15+,16+,17+,18+,19+,20+,21+,22+,23-,24-,25-,26+,27+,28+,29+,30+,31+,32+,33-,34+,35+,36+,37+,38+,39+,40+,41+,42+,43+,44-/m0/s1. The van der Waals surface area contributed by atoms with Crippen molar-refractivity contribution >= 4 is 0 Å². The van der Waals surface area contributed by atoms with E-state index >= 15 is 0 Å². The van der Waals surface area contributed by atoms with Crippen LogP contribution in [0.2, 0.25) is 0 Å². The minimum atomic E-state index is -2.98. The first-order valence-electron chi connectivity index (χ1n) is 25.7. The molecular weight excluding hydrogens is 1100 g/mol. The van der Waals surface area contributed by atoms with Crippen LogP contribution in [0.3, 0.4) is 0 Å². The van der Waals surface area contributed by atoms with E-state index in [4.69, 9.17) is 75.8 Å². The molecule has 30 rings (SSSR count). The minimum Gasteiger partial charge on any atom is -0.394 e. The molecule has 464 valence electrons. The van der Waals surface area contributed by atoms with E-state index in [0.29, 0.717) is 0 Å². The topological polar surface area (TPSA) is 552 Å². The Morgan fingerprint density at radius 2 is 0.550 bits per heavy atom. The lowest BCUT2D eigenvalue weighted by Crippen LogP contribution is -2.68. The van der Waals surface area contributed by atoms with Crippen LogP contribution in [-0.4, -0.2) is 370 Å². The Labute approximate surface area is 451 Å². The number of aliphatic hydroxyl groups is 20. The Morgan fingerprint density at radius 1 is 0.275 bits per heavy atom.